The van der Waals surface area contributed by atoms with Crippen LogP contribution in [0.4, 0.5) is 4.39 Å². The Morgan fingerprint density at radius 3 is 2.58 bits per heavy atom. The van der Waals surface area contributed by atoms with Gasteiger partial charge in [0.25, 0.3) is 0 Å². The zero-order valence-corrected chi connectivity index (χ0v) is 16.2. The van der Waals surface area contributed by atoms with E-state index in [-0.39, 0.29) is 12.3 Å². The van der Waals surface area contributed by atoms with E-state index in [1.165, 1.54) is 6.92 Å². The summed E-state index contributed by atoms with van der Waals surface area (Å²) in [5.41, 5.74) is -1.28. The van der Waals surface area contributed by atoms with Gasteiger partial charge in [0, 0.05) is 6.92 Å². The van der Waals surface area contributed by atoms with Crippen molar-refractivity contribution in [3.63, 3.8) is 0 Å². The van der Waals surface area contributed by atoms with Gasteiger partial charge in [-0.05, 0) is 50.8 Å². The number of benzene rings is 1. The molecule has 0 radical (unpaired) electrons. The maximum absolute atomic E-state index is 15.6. The summed E-state index contributed by atoms with van der Waals surface area (Å²) in [5, 5.41) is 2.02. The molecule has 0 aliphatic heterocycles. The van der Waals surface area contributed by atoms with E-state index in [1.54, 1.807) is 38.1 Å². The molecule has 0 heterocycles. The maximum Gasteiger partial charge on any atom is 0.216 e. The summed E-state index contributed by atoms with van der Waals surface area (Å²) in [5.74, 6) is 0.444. The number of carbonyl (C=O) groups excluding carboxylic acids is 1. The van der Waals surface area contributed by atoms with Crippen molar-refractivity contribution in [1.82, 2.24) is 10.0 Å². The van der Waals surface area contributed by atoms with Gasteiger partial charge in [0.05, 0.1) is 17.8 Å². The van der Waals surface area contributed by atoms with Crippen LogP contribution in [-0.2, 0) is 20.5 Å². The normalized spacial score (nSPS) is 23.2. The summed E-state index contributed by atoms with van der Waals surface area (Å²) in [6.07, 6.45) is 1.37. The van der Waals surface area contributed by atoms with Gasteiger partial charge in [-0.3, -0.25) is 4.79 Å². The highest BCUT2D eigenvalue weighted by Crippen LogP contribution is 2.43. The molecular formula is C18H27FN2O4S. The molecule has 26 heavy (non-hydrogen) atoms. The van der Waals surface area contributed by atoms with E-state index in [2.05, 4.69) is 10.0 Å². The predicted octanol–water partition coefficient (Wildman–Crippen LogP) is 2.25. The van der Waals surface area contributed by atoms with Crippen LogP contribution in [0.1, 0.15) is 45.6 Å². The number of hydrogen-bond donors (Lipinski definition) is 2. The molecule has 146 valence electrons. The lowest BCUT2D eigenvalue weighted by molar-refractivity contribution is -0.119. The summed E-state index contributed by atoms with van der Waals surface area (Å²) in [6.45, 7) is 5.29. The van der Waals surface area contributed by atoms with Gasteiger partial charge in [-0.1, -0.05) is 12.1 Å². The van der Waals surface area contributed by atoms with E-state index in [0.29, 0.717) is 37.3 Å². The van der Waals surface area contributed by atoms with Crippen LogP contribution in [0.3, 0.4) is 0 Å². The van der Waals surface area contributed by atoms with E-state index in [0.717, 1.165) is 0 Å². The Hall–Kier alpha value is -1.67. The third kappa shape index (κ3) is 4.94. The first-order chi connectivity index (χ1) is 12.1. The minimum atomic E-state index is -3.54. The van der Waals surface area contributed by atoms with Gasteiger partial charge in [-0.2, -0.15) is 0 Å². The fourth-order valence-corrected chi connectivity index (χ4v) is 4.00. The quantitative estimate of drug-likeness (QED) is 0.671. The van der Waals surface area contributed by atoms with Crippen LogP contribution in [-0.4, -0.2) is 38.8 Å². The van der Waals surface area contributed by atoms with Gasteiger partial charge in [0.1, 0.15) is 12.4 Å². The molecule has 8 heteroatoms. The second kappa shape index (κ2) is 8.35. The molecule has 1 fully saturated rings. The van der Waals surface area contributed by atoms with E-state index < -0.39 is 27.0 Å². The topological polar surface area (TPSA) is 84.5 Å². The summed E-state index contributed by atoms with van der Waals surface area (Å²) >= 11 is 0. The minimum absolute atomic E-state index is 0.126. The van der Waals surface area contributed by atoms with Crippen LogP contribution in [0.5, 0.6) is 5.75 Å². The van der Waals surface area contributed by atoms with E-state index in [4.69, 9.17) is 4.74 Å². The number of ether oxygens (including phenoxy) is 1. The van der Waals surface area contributed by atoms with Crippen LogP contribution in [0, 0.1) is 0 Å². The van der Waals surface area contributed by atoms with Crippen LogP contribution in [0.15, 0.2) is 24.3 Å². The van der Waals surface area contributed by atoms with E-state index in [9.17, 15) is 13.2 Å². The Morgan fingerprint density at radius 2 is 2.00 bits per heavy atom. The number of halogens is 1. The highest BCUT2D eigenvalue weighted by Gasteiger charge is 2.46. The van der Waals surface area contributed by atoms with Gasteiger partial charge >= 0.3 is 0 Å². The predicted molar refractivity (Wildman–Crippen MR) is 98.2 cm³/mol. The van der Waals surface area contributed by atoms with Crippen molar-refractivity contribution in [2.45, 2.75) is 57.0 Å². The van der Waals surface area contributed by atoms with Gasteiger partial charge in [0.2, 0.25) is 15.9 Å². The van der Waals surface area contributed by atoms with Crippen LogP contribution >= 0.6 is 0 Å². The standard InChI is InChI=1S/C18H27FN2O4S/c1-13(2)26(23,24)21-17-5-4-10-18(17,19)15-6-8-16(9-7-15)25-12-11-20-14(3)22/h6-9,13,17,21H,4-5,10-12H2,1-3H3,(H,20,22). The van der Waals surface area contributed by atoms with Crippen molar-refractivity contribution in [3.05, 3.63) is 29.8 Å². The first-order valence-electron chi connectivity index (χ1n) is 8.83. The van der Waals surface area contributed by atoms with Crippen molar-refractivity contribution in [3.8, 4) is 5.75 Å². The third-order valence-electron chi connectivity index (χ3n) is 4.59. The lowest BCUT2D eigenvalue weighted by Gasteiger charge is -2.29. The Labute approximate surface area is 154 Å². The second-order valence-corrected chi connectivity index (χ2v) is 9.14. The molecule has 0 bridgehead atoms. The Morgan fingerprint density at radius 1 is 1.35 bits per heavy atom. The molecular weight excluding hydrogens is 359 g/mol. The molecule has 2 unspecified atom stereocenters. The molecule has 2 rings (SSSR count). The number of carbonyl (C=O) groups is 1. The van der Waals surface area contributed by atoms with Crippen LogP contribution in [0.2, 0.25) is 0 Å². The lowest BCUT2D eigenvalue weighted by Crippen LogP contribution is -2.46. The number of amides is 1. The van der Waals surface area contributed by atoms with Crippen molar-refractivity contribution < 1.29 is 22.3 Å². The summed E-state index contributed by atoms with van der Waals surface area (Å²) in [4.78, 5) is 10.8. The molecule has 2 atom stereocenters. The molecule has 1 aromatic carbocycles. The third-order valence-corrected chi connectivity index (χ3v) is 6.45. The van der Waals surface area contributed by atoms with Crippen LogP contribution < -0.4 is 14.8 Å². The summed E-state index contributed by atoms with van der Waals surface area (Å²) < 4.78 is 47.9. The van der Waals surface area contributed by atoms with Crippen LogP contribution in [0.25, 0.3) is 0 Å². The van der Waals surface area contributed by atoms with E-state index in [1.807, 2.05) is 0 Å². The Balaban J connectivity index is 2.05. The fraction of sp³-hybridized carbons (Fsp3) is 0.611. The number of hydrogen-bond acceptors (Lipinski definition) is 4. The SMILES string of the molecule is CC(=O)NCCOc1ccc(C2(F)CCCC2NS(=O)(=O)C(C)C)cc1. The largest absolute Gasteiger partial charge is 0.492 e. The van der Waals surface area contributed by atoms with E-state index >= 15 is 4.39 Å². The number of nitrogens with one attached hydrogen (secondary N) is 2. The van der Waals surface area contributed by atoms with Crippen molar-refractivity contribution in [1.29, 1.82) is 0 Å². The highest BCUT2D eigenvalue weighted by atomic mass is 32.2. The fourth-order valence-electron chi connectivity index (χ4n) is 3.02. The van der Waals surface area contributed by atoms with Gasteiger partial charge in [-0.25, -0.2) is 17.5 Å². The average molecular weight is 386 g/mol. The molecule has 1 saturated carbocycles. The first kappa shape index (κ1) is 20.6. The molecule has 0 saturated heterocycles. The number of alkyl halides is 1. The Bertz CT molecular complexity index is 721. The summed E-state index contributed by atoms with van der Waals surface area (Å²) in [7, 11) is -3.54. The molecule has 6 nitrogen and oxygen atoms in total. The average Bonchev–Trinajstić information content (AvgIpc) is 2.93. The lowest BCUT2D eigenvalue weighted by atomic mass is 9.91. The van der Waals surface area contributed by atoms with Crippen molar-refractivity contribution >= 4 is 15.9 Å². The van der Waals surface area contributed by atoms with Gasteiger partial charge < -0.3 is 10.1 Å². The molecule has 2 N–H and O–H groups in total. The first-order valence-corrected chi connectivity index (χ1v) is 10.4. The highest BCUT2D eigenvalue weighted by molar-refractivity contribution is 7.90. The number of rotatable bonds is 8. The zero-order valence-electron chi connectivity index (χ0n) is 15.4. The molecule has 1 aromatic rings. The maximum atomic E-state index is 15.6. The molecule has 0 aromatic heterocycles. The summed E-state index contributed by atoms with van der Waals surface area (Å²) in [6, 6.07) is 5.83. The molecule has 1 aliphatic carbocycles. The van der Waals surface area contributed by atoms with Crippen molar-refractivity contribution in [2.24, 2.45) is 0 Å². The minimum Gasteiger partial charge on any atom is -0.492 e. The monoisotopic (exact) mass is 386 g/mol. The Kier molecular flexibility index (Phi) is 6.63. The smallest absolute Gasteiger partial charge is 0.216 e. The second-order valence-electron chi connectivity index (χ2n) is 6.87. The molecule has 1 amide bonds. The zero-order chi connectivity index (χ0) is 19.4. The van der Waals surface area contributed by atoms with Gasteiger partial charge in [0.15, 0.2) is 5.67 Å². The number of sulfonamides is 1. The molecule has 1 aliphatic rings. The van der Waals surface area contributed by atoms with Gasteiger partial charge in [-0.15, -0.1) is 0 Å². The molecule has 0 spiro atoms. The van der Waals surface area contributed by atoms with Crippen molar-refractivity contribution in [2.75, 3.05) is 13.2 Å².